The zero-order chi connectivity index (χ0) is 21.5. The molecule has 0 atom stereocenters. The van der Waals surface area contributed by atoms with Gasteiger partial charge in [-0.05, 0) is 49.4 Å². The molecular formula is C22H25F2N3O3. The summed E-state index contributed by atoms with van der Waals surface area (Å²) in [6, 6.07) is 9.56. The van der Waals surface area contributed by atoms with Crippen molar-refractivity contribution in [3.05, 3.63) is 59.7 Å². The molecule has 8 heteroatoms. The fourth-order valence-electron chi connectivity index (χ4n) is 3.53. The van der Waals surface area contributed by atoms with Crippen LogP contribution in [0.1, 0.15) is 29.6 Å². The molecule has 0 saturated carbocycles. The normalized spacial score (nSPS) is 14.3. The van der Waals surface area contributed by atoms with Crippen LogP contribution in [-0.4, -0.2) is 43.6 Å². The zero-order valence-corrected chi connectivity index (χ0v) is 16.8. The van der Waals surface area contributed by atoms with Crippen molar-refractivity contribution in [2.75, 3.05) is 32.1 Å². The van der Waals surface area contributed by atoms with Crippen molar-refractivity contribution in [1.29, 1.82) is 0 Å². The number of carbonyl (C=O) groups excluding carboxylic acids is 2. The third kappa shape index (κ3) is 5.46. The molecule has 1 fully saturated rings. The van der Waals surface area contributed by atoms with Crippen molar-refractivity contribution < 1.29 is 23.1 Å². The molecule has 0 spiro atoms. The summed E-state index contributed by atoms with van der Waals surface area (Å²) < 4.78 is 32.1. The summed E-state index contributed by atoms with van der Waals surface area (Å²) in [6.07, 6.45) is 2.36. The number of hydrogen-bond acceptors (Lipinski definition) is 3. The average Bonchev–Trinajstić information content (AvgIpc) is 2.76. The first-order valence-electron chi connectivity index (χ1n) is 9.90. The van der Waals surface area contributed by atoms with Crippen molar-refractivity contribution in [3.8, 4) is 5.75 Å². The number of nitrogens with zero attached hydrogens (tertiary/aromatic N) is 1. The van der Waals surface area contributed by atoms with Gasteiger partial charge in [-0.25, -0.2) is 13.6 Å². The number of rotatable bonds is 6. The van der Waals surface area contributed by atoms with E-state index in [-0.39, 0.29) is 11.6 Å². The smallest absolute Gasteiger partial charge is 0.321 e. The molecule has 0 unspecified atom stereocenters. The van der Waals surface area contributed by atoms with E-state index < -0.39 is 17.7 Å². The lowest BCUT2D eigenvalue weighted by Crippen LogP contribution is -2.41. The van der Waals surface area contributed by atoms with Gasteiger partial charge in [0.1, 0.15) is 17.4 Å². The van der Waals surface area contributed by atoms with Gasteiger partial charge in [0.15, 0.2) is 0 Å². The van der Waals surface area contributed by atoms with Crippen LogP contribution >= 0.6 is 0 Å². The van der Waals surface area contributed by atoms with Crippen molar-refractivity contribution in [3.63, 3.8) is 0 Å². The Morgan fingerprint density at radius 1 is 1.13 bits per heavy atom. The molecule has 1 aliphatic rings. The molecule has 1 aliphatic heterocycles. The first-order chi connectivity index (χ1) is 14.5. The number of methoxy groups -OCH3 is 1. The zero-order valence-electron chi connectivity index (χ0n) is 16.8. The Morgan fingerprint density at radius 2 is 1.87 bits per heavy atom. The van der Waals surface area contributed by atoms with Crippen LogP contribution in [0.25, 0.3) is 0 Å². The van der Waals surface area contributed by atoms with Gasteiger partial charge in [-0.2, -0.15) is 0 Å². The van der Waals surface area contributed by atoms with E-state index in [1.807, 2.05) is 6.07 Å². The Kier molecular flexibility index (Phi) is 7.21. The molecule has 1 saturated heterocycles. The molecule has 0 aliphatic carbocycles. The molecule has 0 aromatic heterocycles. The van der Waals surface area contributed by atoms with Crippen LogP contribution in [0.3, 0.4) is 0 Å². The minimum atomic E-state index is -0.676. The average molecular weight is 417 g/mol. The second kappa shape index (κ2) is 10.0. The number of urea groups is 1. The number of para-hydroxylation sites is 1. The molecule has 1 heterocycles. The highest BCUT2D eigenvalue weighted by Crippen LogP contribution is 2.22. The van der Waals surface area contributed by atoms with Crippen molar-refractivity contribution in [2.45, 2.75) is 19.3 Å². The molecule has 0 bridgehead atoms. The maximum Gasteiger partial charge on any atom is 0.321 e. The molecule has 3 amide bonds. The van der Waals surface area contributed by atoms with Crippen molar-refractivity contribution >= 4 is 17.6 Å². The van der Waals surface area contributed by atoms with E-state index in [0.717, 1.165) is 37.5 Å². The highest BCUT2D eigenvalue weighted by atomic mass is 19.1. The number of carbonyl (C=O) groups is 2. The molecular weight excluding hydrogens is 392 g/mol. The minimum Gasteiger partial charge on any atom is -0.496 e. The standard InChI is InChI=1S/C22H25F2N3O3/c1-30-20-5-3-2-4-17(20)21(28)25-11-8-15-9-12-27(13-10-15)22(29)26-19-14-16(23)6-7-18(19)24/h2-7,14-15H,8-13H2,1H3,(H,25,28)(H,26,29). The van der Waals surface area contributed by atoms with Crippen LogP contribution < -0.4 is 15.4 Å². The predicted octanol–water partition coefficient (Wildman–Crippen LogP) is 4.04. The van der Waals surface area contributed by atoms with Crippen LogP contribution in [0.2, 0.25) is 0 Å². The monoisotopic (exact) mass is 417 g/mol. The van der Waals surface area contributed by atoms with E-state index in [1.54, 1.807) is 23.1 Å². The summed E-state index contributed by atoms with van der Waals surface area (Å²) in [5.74, 6) is -0.561. The van der Waals surface area contributed by atoms with Crippen LogP contribution in [0.5, 0.6) is 5.75 Å². The Hall–Kier alpha value is -3.16. The lowest BCUT2D eigenvalue weighted by Gasteiger charge is -2.32. The van der Waals surface area contributed by atoms with E-state index in [4.69, 9.17) is 4.74 Å². The lowest BCUT2D eigenvalue weighted by molar-refractivity contribution is 0.0946. The molecule has 0 radical (unpaired) electrons. The molecule has 2 aromatic rings. The molecule has 6 nitrogen and oxygen atoms in total. The number of nitrogens with one attached hydrogen (secondary N) is 2. The number of hydrogen-bond donors (Lipinski definition) is 2. The summed E-state index contributed by atoms with van der Waals surface area (Å²) >= 11 is 0. The largest absolute Gasteiger partial charge is 0.496 e. The van der Waals surface area contributed by atoms with Crippen LogP contribution in [0.15, 0.2) is 42.5 Å². The van der Waals surface area contributed by atoms with Gasteiger partial charge >= 0.3 is 6.03 Å². The van der Waals surface area contributed by atoms with E-state index in [2.05, 4.69) is 10.6 Å². The predicted molar refractivity (Wildman–Crippen MR) is 110 cm³/mol. The highest BCUT2D eigenvalue weighted by Gasteiger charge is 2.23. The highest BCUT2D eigenvalue weighted by molar-refractivity contribution is 5.96. The second-order valence-electron chi connectivity index (χ2n) is 7.23. The number of halogens is 2. The second-order valence-corrected chi connectivity index (χ2v) is 7.23. The summed E-state index contributed by atoms with van der Waals surface area (Å²) in [5, 5.41) is 5.34. The van der Waals surface area contributed by atoms with Gasteiger partial charge in [0.2, 0.25) is 0 Å². The first kappa shape index (κ1) is 21.5. The van der Waals surface area contributed by atoms with E-state index in [0.29, 0.717) is 36.9 Å². The van der Waals surface area contributed by atoms with Crippen molar-refractivity contribution in [1.82, 2.24) is 10.2 Å². The number of anilines is 1. The molecule has 3 rings (SSSR count). The number of piperidine rings is 1. The molecule has 160 valence electrons. The topological polar surface area (TPSA) is 70.7 Å². The van der Waals surface area contributed by atoms with E-state index in [1.165, 1.54) is 7.11 Å². The minimum absolute atomic E-state index is 0.166. The van der Waals surface area contributed by atoms with Gasteiger partial charge in [-0.15, -0.1) is 0 Å². The molecule has 30 heavy (non-hydrogen) atoms. The molecule has 2 aromatic carbocycles. The first-order valence-corrected chi connectivity index (χ1v) is 9.90. The number of likely N-dealkylation sites (tertiary alicyclic amines) is 1. The Bertz CT molecular complexity index is 899. The summed E-state index contributed by atoms with van der Waals surface area (Å²) in [6.45, 7) is 1.57. The number of ether oxygens (including phenoxy) is 1. The van der Waals surface area contributed by atoms with Crippen LogP contribution in [-0.2, 0) is 0 Å². The summed E-state index contributed by atoms with van der Waals surface area (Å²) in [7, 11) is 1.53. The fraction of sp³-hybridized carbons (Fsp3) is 0.364. The number of amides is 3. The van der Waals surface area contributed by atoms with E-state index in [9.17, 15) is 18.4 Å². The van der Waals surface area contributed by atoms with Gasteiger partial charge in [0.05, 0.1) is 18.4 Å². The van der Waals surface area contributed by atoms with E-state index >= 15 is 0 Å². The van der Waals surface area contributed by atoms with Gasteiger partial charge < -0.3 is 20.3 Å². The van der Waals surface area contributed by atoms with Gasteiger partial charge in [0, 0.05) is 25.7 Å². The Morgan fingerprint density at radius 3 is 2.60 bits per heavy atom. The van der Waals surface area contributed by atoms with Gasteiger partial charge in [0.25, 0.3) is 5.91 Å². The lowest BCUT2D eigenvalue weighted by atomic mass is 9.93. The third-order valence-corrected chi connectivity index (χ3v) is 5.26. The summed E-state index contributed by atoms with van der Waals surface area (Å²) in [4.78, 5) is 26.2. The van der Waals surface area contributed by atoms with Crippen LogP contribution in [0, 0.1) is 17.6 Å². The third-order valence-electron chi connectivity index (χ3n) is 5.26. The number of benzene rings is 2. The quantitative estimate of drug-likeness (QED) is 0.745. The maximum atomic E-state index is 13.7. The van der Waals surface area contributed by atoms with Crippen LogP contribution in [0.4, 0.5) is 19.3 Å². The van der Waals surface area contributed by atoms with Gasteiger partial charge in [-0.3, -0.25) is 4.79 Å². The fourth-order valence-corrected chi connectivity index (χ4v) is 3.53. The Balaban J connectivity index is 1.42. The molecule has 2 N–H and O–H groups in total. The van der Waals surface area contributed by atoms with Gasteiger partial charge in [-0.1, -0.05) is 12.1 Å². The Labute approximate surface area is 174 Å². The summed E-state index contributed by atoms with van der Waals surface area (Å²) in [5.41, 5.74) is 0.331. The van der Waals surface area contributed by atoms with Crippen molar-refractivity contribution in [2.24, 2.45) is 5.92 Å². The maximum absolute atomic E-state index is 13.7. The SMILES string of the molecule is COc1ccccc1C(=O)NCCC1CCN(C(=O)Nc2cc(F)ccc2F)CC1.